The van der Waals surface area contributed by atoms with Gasteiger partial charge in [0, 0.05) is 0 Å². The van der Waals surface area contributed by atoms with Crippen molar-refractivity contribution >= 4 is 35.5 Å². The van der Waals surface area contributed by atoms with Crippen molar-refractivity contribution in [3.05, 3.63) is 64.1 Å². The zero-order chi connectivity index (χ0) is 16.2. The van der Waals surface area contributed by atoms with E-state index in [1.165, 1.54) is 37.7 Å². The summed E-state index contributed by atoms with van der Waals surface area (Å²) in [6.07, 6.45) is 1.73. The average Bonchev–Trinajstić information content (AvgIpc) is 2.95. The lowest BCUT2D eigenvalue weighted by Gasteiger charge is -2.23. The molecule has 1 heterocycles. The molecule has 0 saturated carbocycles. The number of rotatable bonds is 4. The SMILES string of the molecule is C=C=CC1(c2ccccc2)SC(C(=O)OC)=C(C(=O)OC)S1. The van der Waals surface area contributed by atoms with Gasteiger partial charge in [0.05, 0.1) is 14.2 Å². The minimum absolute atomic E-state index is 0.231. The quantitative estimate of drug-likeness (QED) is 0.622. The van der Waals surface area contributed by atoms with Crippen LogP contribution in [0, 0.1) is 0 Å². The summed E-state index contributed by atoms with van der Waals surface area (Å²) in [7, 11) is 2.56. The van der Waals surface area contributed by atoms with Crippen LogP contribution >= 0.6 is 23.5 Å². The van der Waals surface area contributed by atoms with Gasteiger partial charge in [-0.1, -0.05) is 60.4 Å². The third-order valence-electron chi connectivity index (χ3n) is 2.92. The van der Waals surface area contributed by atoms with Crippen LogP contribution in [0.15, 0.2) is 58.5 Å². The van der Waals surface area contributed by atoms with Gasteiger partial charge in [0.15, 0.2) is 0 Å². The highest BCUT2D eigenvalue weighted by atomic mass is 32.2. The van der Waals surface area contributed by atoms with Gasteiger partial charge in [0.1, 0.15) is 13.9 Å². The number of thioether (sulfide) groups is 2. The van der Waals surface area contributed by atoms with Crippen molar-refractivity contribution in [2.24, 2.45) is 0 Å². The molecule has 0 atom stereocenters. The summed E-state index contributed by atoms with van der Waals surface area (Å²) in [6, 6.07) is 9.52. The molecule has 1 aliphatic rings. The number of methoxy groups -OCH3 is 2. The molecule has 0 aliphatic carbocycles. The first-order valence-corrected chi connectivity index (χ1v) is 7.92. The molecule has 0 fully saturated rings. The fraction of sp³-hybridized carbons (Fsp3) is 0.188. The number of hydrogen-bond donors (Lipinski definition) is 0. The van der Waals surface area contributed by atoms with Gasteiger partial charge in [-0.25, -0.2) is 9.59 Å². The average molecular weight is 334 g/mol. The maximum Gasteiger partial charge on any atom is 0.345 e. The predicted octanol–water partition coefficient (Wildman–Crippen LogP) is 3.22. The van der Waals surface area contributed by atoms with Crippen LogP contribution in [0.25, 0.3) is 0 Å². The number of hydrogen-bond acceptors (Lipinski definition) is 6. The van der Waals surface area contributed by atoms with Crippen LogP contribution in [0.4, 0.5) is 0 Å². The molecule has 0 saturated heterocycles. The van der Waals surface area contributed by atoms with Crippen molar-refractivity contribution in [3.63, 3.8) is 0 Å². The van der Waals surface area contributed by atoms with Crippen molar-refractivity contribution in [2.45, 2.75) is 4.08 Å². The van der Waals surface area contributed by atoms with Crippen LogP contribution in [0.1, 0.15) is 5.56 Å². The lowest BCUT2D eigenvalue weighted by molar-refractivity contribution is -0.138. The molecule has 0 amide bonds. The summed E-state index contributed by atoms with van der Waals surface area (Å²) < 4.78 is 8.86. The second kappa shape index (κ2) is 6.92. The highest BCUT2D eigenvalue weighted by Gasteiger charge is 2.46. The molecule has 2 rings (SSSR count). The van der Waals surface area contributed by atoms with Gasteiger partial charge in [0.2, 0.25) is 0 Å². The van der Waals surface area contributed by atoms with E-state index in [1.807, 2.05) is 30.3 Å². The van der Waals surface area contributed by atoms with Crippen LogP contribution in [0.2, 0.25) is 0 Å². The maximum atomic E-state index is 12.0. The standard InChI is InChI=1S/C16H14O4S2/c1-4-10-16(11-8-6-5-7-9-11)21-12(14(17)19-2)13(22-16)15(18)20-3/h5-10H,1H2,2-3H3. The minimum atomic E-state index is -0.698. The van der Waals surface area contributed by atoms with Crippen molar-refractivity contribution in [3.8, 4) is 0 Å². The lowest BCUT2D eigenvalue weighted by Crippen LogP contribution is -2.12. The molecule has 0 spiro atoms. The first-order valence-electron chi connectivity index (χ1n) is 6.29. The van der Waals surface area contributed by atoms with Crippen LogP contribution in [0.3, 0.4) is 0 Å². The van der Waals surface area contributed by atoms with Crippen LogP contribution in [-0.2, 0) is 23.1 Å². The molecule has 0 unspecified atom stereocenters. The van der Waals surface area contributed by atoms with E-state index in [-0.39, 0.29) is 9.81 Å². The second-order valence-corrected chi connectivity index (χ2v) is 7.00. The number of ether oxygens (including phenoxy) is 2. The van der Waals surface area contributed by atoms with Crippen molar-refractivity contribution < 1.29 is 19.1 Å². The molecule has 1 aromatic rings. The van der Waals surface area contributed by atoms with E-state index >= 15 is 0 Å². The molecule has 0 radical (unpaired) electrons. The number of benzene rings is 1. The summed E-state index contributed by atoms with van der Waals surface area (Å²) in [4.78, 5) is 24.5. The fourth-order valence-electron chi connectivity index (χ4n) is 1.94. The van der Waals surface area contributed by atoms with Crippen LogP contribution < -0.4 is 0 Å². The first kappa shape index (κ1) is 16.5. The smallest absolute Gasteiger partial charge is 0.345 e. The van der Waals surface area contributed by atoms with Gasteiger partial charge in [0.25, 0.3) is 0 Å². The fourth-order valence-corrected chi connectivity index (χ4v) is 4.94. The summed E-state index contributed by atoms with van der Waals surface area (Å²) in [5, 5.41) is 0. The monoisotopic (exact) mass is 334 g/mol. The second-order valence-electron chi connectivity index (χ2n) is 4.23. The largest absolute Gasteiger partial charge is 0.465 e. The minimum Gasteiger partial charge on any atom is -0.465 e. The van der Waals surface area contributed by atoms with Gasteiger partial charge in [-0.3, -0.25) is 0 Å². The lowest BCUT2D eigenvalue weighted by atomic mass is 10.1. The molecular formula is C16H14O4S2. The Hall–Kier alpha value is -1.88. The third kappa shape index (κ3) is 2.99. The zero-order valence-corrected chi connectivity index (χ0v) is 13.8. The van der Waals surface area contributed by atoms with Crippen LogP contribution in [-0.4, -0.2) is 26.2 Å². The summed E-state index contributed by atoms with van der Waals surface area (Å²) in [5.74, 6) is -1.12. The molecule has 0 aromatic heterocycles. The Morgan fingerprint density at radius 3 is 2.00 bits per heavy atom. The normalized spacial score (nSPS) is 15.9. The van der Waals surface area contributed by atoms with E-state index in [0.29, 0.717) is 0 Å². The molecule has 0 bridgehead atoms. The summed E-state index contributed by atoms with van der Waals surface area (Å²) in [6.45, 7) is 3.62. The van der Waals surface area contributed by atoms with Crippen molar-refractivity contribution in [1.29, 1.82) is 0 Å². The van der Waals surface area contributed by atoms with E-state index in [9.17, 15) is 9.59 Å². The Labute approximate surface area is 137 Å². The van der Waals surface area contributed by atoms with Crippen molar-refractivity contribution in [1.82, 2.24) is 0 Å². The maximum absolute atomic E-state index is 12.0. The van der Waals surface area contributed by atoms with E-state index in [4.69, 9.17) is 9.47 Å². The highest BCUT2D eigenvalue weighted by Crippen LogP contribution is 2.61. The summed E-state index contributed by atoms with van der Waals surface area (Å²) in [5.41, 5.74) is 3.67. The summed E-state index contributed by atoms with van der Waals surface area (Å²) >= 11 is 2.46. The Morgan fingerprint density at radius 1 is 1.09 bits per heavy atom. The molecule has 0 N–H and O–H groups in total. The molecule has 114 valence electrons. The molecule has 1 aromatic carbocycles. The van der Waals surface area contributed by atoms with E-state index < -0.39 is 16.0 Å². The third-order valence-corrected chi connectivity index (χ3v) is 6.02. The Bertz CT molecular complexity index is 645. The number of carbonyl (C=O) groups excluding carboxylic acids is 2. The number of carbonyl (C=O) groups is 2. The van der Waals surface area contributed by atoms with E-state index in [0.717, 1.165) is 5.56 Å². The van der Waals surface area contributed by atoms with Crippen LogP contribution in [0.5, 0.6) is 0 Å². The van der Waals surface area contributed by atoms with E-state index in [1.54, 1.807) is 6.08 Å². The zero-order valence-electron chi connectivity index (χ0n) is 12.1. The predicted molar refractivity (Wildman–Crippen MR) is 88.1 cm³/mol. The molecule has 6 heteroatoms. The topological polar surface area (TPSA) is 52.6 Å². The van der Waals surface area contributed by atoms with Gasteiger partial charge < -0.3 is 9.47 Å². The van der Waals surface area contributed by atoms with Gasteiger partial charge in [-0.2, -0.15) is 0 Å². The van der Waals surface area contributed by atoms with Crippen molar-refractivity contribution in [2.75, 3.05) is 14.2 Å². The Morgan fingerprint density at radius 2 is 1.59 bits per heavy atom. The van der Waals surface area contributed by atoms with Gasteiger partial charge in [-0.15, -0.1) is 5.73 Å². The molecule has 1 aliphatic heterocycles. The molecular weight excluding hydrogens is 320 g/mol. The van der Waals surface area contributed by atoms with Gasteiger partial charge >= 0.3 is 11.9 Å². The Balaban J connectivity index is 2.53. The van der Waals surface area contributed by atoms with E-state index in [2.05, 4.69) is 12.3 Å². The Kier molecular flexibility index (Phi) is 5.19. The van der Waals surface area contributed by atoms with Gasteiger partial charge in [-0.05, 0) is 11.6 Å². The highest BCUT2D eigenvalue weighted by molar-refractivity contribution is 8.25. The molecule has 22 heavy (non-hydrogen) atoms. The molecule has 4 nitrogen and oxygen atoms in total. The number of esters is 2. The first-order chi connectivity index (χ1) is 10.6.